The van der Waals surface area contributed by atoms with Crippen LogP contribution in [0.25, 0.3) is 0 Å². The fraction of sp³-hybridized carbons (Fsp3) is 0.619. The molecular formula is C21H32N4O6S. The molecule has 0 saturated carbocycles. The Hall–Kier alpha value is -2.37. The number of hydrogen-bond donors (Lipinski definition) is 0. The van der Waals surface area contributed by atoms with E-state index in [0.717, 1.165) is 0 Å². The van der Waals surface area contributed by atoms with E-state index in [4.69, 9.17) is 9.47 Å². The van der Waals surface area contributed by atoms with Crippen LogP contribution < -0.4 is 4.74 Å². The Labute approximate surface area is 189 Å². The van der Waals surface area contributed by atoms with Crippen LogP contribution in [0.3, 0.4) is 0 Å². The van der Waals surface area contributed by atoms with Crippen LogP contribution in [0.1, 0.15) is 13.8 Å². The van der Waals surface area contributed by atoms with Gasteiger partial charge in [0, 0.05) is 52.4 Å². The molecule has 2 saturated heterocycles. The SMILES string of the molecule is CCOC(=O)N1CCN(C(=O)CN2CCN(S(=O)(=O)c3ccc(OCC)cc3)CC2)CC1. The van der Waals surface area contributed by atoms with Gasteiger partial charge in [-0.25, -0.2) is 13.2 Å². The van der Waals surface area contributed by atoms with Gasteiger partial charge < -0.3 is 19.3 Å². The minimum atomic E-state index is -3.58. The monoisotopic (exact) mass is 468 g/mol. The number of rotatable bonds is 7. The molecule has 11 heteroatoms. The normalized spacial score (nSPS) is 18.4. The fourth-order valence-electron chi connectivity index (χ4n) is 3.80. The molecule has 1 aromatic rings. The van der Waals surface area contributed by atoms with E-state index in [9.17, 15) is 18.0 Å². The second kappa shape index (κ2) is 11.0. The van der Waals surface area contributed by atoms with Crippen LogP contribution in [-0.4, -0.2) is 112 Å². The first-order chi connectivity index (χ1) is 15.3. The highest BCUT2D eigenvalue weighted by molar-refractivity contribution is 7.89. The van der Waals surface area contributed by atoms with E-state index in [1.807, 2.05) is 11.8 Å². The Morgan fingerprint density at radius 2 is 1.44 bits per heavy atom. The molecule has 0 aromatic heterocycles. The van der Waals surface area contributed by atoms with Crippen LogP contribution in [0.4, 0.5) is 4.79 Å². The van der Waals surface area contributed by atoms with Crippen LogP contribution in [0.15, 0.2) is 29.2 Å². The van der Waals surface area contributed by atoms with Crippen molar-refractivity contribution in [2.75, 3.05) is 72.1 Å². The van der Waals surface area contributed by atoms with Crippen molar-refractivity contribution in [3.8, 4) is 5.75 Å². The van der Waals surface area contributed by atoms with Gasteiger partial charge in [0.1, 0.15) is 5.75 Å². The van der Waals surface area contributed by atoms with Crippen LogP contribution in [0.5, 0.6) is 5.75 Å². The van der Waals surface area contributed by atoms with Crippen molar-refractivity contribution in [1.82, 2.24) is 19.0 Å². The van der Waals surface area contributed by atoms with Gasteiger partial charge in [-0.1, -0.05) is 0 Å². The van der Waals surface area contributed by atoms with E-state index < -0.39 is 10.0 Å². The summed E-state index contributed by atoms with van der Waals surface area (Å²) in [5.74, 6) is 0.634. The first-order valence-corrected chi connectivity index (χ1v) is 12.4. The van der Waals surface area contributed by atoms with E-state index in [1.54, 1.807) is 41.0 Å². The molecule has 0 unspecified atom stereocenters. The summed E-state index contributed by atoms with van der Waals surface area (Å²) in [6.07, 6.45) is -0.343. The molecular weight excluding hydrogens is 436 g/mol. The number of amides is 2. The van der Waals surface area contributed by atoms with Crippen molar-refractivity contribution in [3.05, 3.63) is 24.3 Å². The molecule has 2 fully saturated rings. The molecule has 0 spiro atoms. The molecule has 0 N–H and O–H groups in total. The zero-order valence-corrected chi connectivity index (χ0v) is 19.6. The molecule has 2 heterocycles. The fourth-order valence-corrected chi connectivity index (χ4v) is 5.22. The van der Waals surface area contributed by atoms with Gasteiger partial charge in [0.2, 0.25) is 15.9 Å². The summed E-state index contributed by atoms with van der Waals surface area (Å²) in [5, 5.41) is 0. The predicted octanol–water partition coefficient (Wildman–Crippen LogP) is 0.692. The standard InChI is InChI=1S/C21H32N4O6S/c1-3-30-18-5-7-19(8-6-18)32(28,29)25-15-9-22(10-16-25)17-20(26)23-11-13-24(14-12-23)21(27)31-4-2/h5-8H,3-4,9-17H2,1-2H3. The highest BCUT2D eigenvalue weighted by Crippen LogP contribution is 2.21. The lowest BCUT2D eigenvalue weighted by molar-refractivity contribution is -0.134. The number of piperazine rings is 2. The number of hydrogen-bond acceptors (Lipinski definition) is 7. The Morgan fingerprint density at radius 1 is 0.844 bits per heavy atom. The molecule has 2 aliphatic heterocycles. The zero-order chi connectivity index (χ0) is 23.1. The molecule has 0 bridgehead atoms. The number of ether oxygens (including phenoxy) is 2. The Bertz CT molecular complexity index is 876. The molecule has 0 atom stereocenters. The molecule has 1 aromatic carbocycles. The van der Waals surface area contributed by atoms with Crippen LogP contribution in [-0.2, 0) is 19.6 Å². The predicted molar refractivity (Wildman–Crippen MR) is 118 cm³/mol. The third-order valence-electron chi connectivity index (χ3n) is 5.62. The third-order valence-corrected chi connectivity index (χ3v) is 7.53. The molecule has 32 heavy (non-hydrogen) atoms. The van der Waals surface area contributed by atoms with E-state index in [0.29, 0.717) is 71.3 Å². The largest absolute Gasteiger partial charge is 0.494 e. The Balaban J connectivity index is 1.46. The van der Waals surface area contributed by atoms with Gasteiger partial charge >= 0.3 is 6.09 Å². The van der Waals surface area contributed by atoms with Gasteiger partial charge in [-0.15, -0.1) is 0 Å². The number of sulfonamides is 1. The minimum absolute atomic E-state index is 0.00340. The summed E-state index contributed by atoms with van der Waals surface area (Å²) in [6, 6.07) is 6.44. The second-order valence-corrected chi connectivity index (χ2v) is 9.59. The van der Waals surface area contributed by atoms with Gasteiger partial charge in [-0.2, -0.15) is 4.31 Å². The summed E-state index contributed by atoms with van der Waals surface area (Å²) in [7, 11) is -3.58. The smallest absolute Gasteiger partial charge is 0.409 e. The average molecular weight is 469 g/mol. The molecule has 2 aliphatic rings. The third kappa shape index (κ3) is 5.90. The van der Waals surface area contributed by atoms with Crippen molar-refractivity contribution in [3.63, 3.8) is 0 Å². The lowest BCUT2D eigenvalue weighted by Crippen LogP contribution is -2.55. The molecule has 0 aliphatic carbocycles. The van der Waals surface area contributed by atoms with Crippen LogP contribution >= 0.6 is 0 Å². The molecule has 0 radical (unpaired) electrons. The van der Waals surface area contributed by atoms with Crippen LogP contribution in [0, 0.1) is 0 Å². The van der Waals surface area contributed by atoms with Crippen LogP contribution in [0.2, 0.25) is 0 Å². The average Bonchev–Trinajstić information content (AvgIpc) is 2.80. The lowest BCUT2D eigenvalue weighted by Gasteiger charge is -2.37. The second-order valence-electron chi connectivity index (χ2n) is 7.65. The van der Waals surface area contributed by atoms with Gasteiger partial charge in [-0.05, 0) is 38.1 Å². The number of carbonyl (C=O) groups is 2. The molecule has 10 nitrogen and oxygen atoms in total. The molecule has 178 valence electrons. The van der Waals surface area contributed by atoms with Gasteiger partial charge in [0.15, 0.2) is 0 Å². The van der Waals surface area contributed by atoms with Crippen molar-refractivity contribution in [2.24, 2.45) is 0 Å². The van der Waals surface area contributed by atoms with Crippen molar-refractivity contribution in [1.29, 1.82) is 0 Å². The first-order valence-electron chi connectivity index (χ1n) is 11.0. The van der Waals surface area contributed by atoms with Crippen molar-refractivity contribution >= 4 is 22.0 Å². The van der Waals surface area contributed by atoms with Gasteiger partial charge in [0.05, 0.1) is 24.7 Å². The molecule has 3 rings (SSSR count). The zero-order valence-electron chi connectivity index (χ0n) is 18.7. The van der Waals surface area contributed by atoms with E-state index in [1.165, 1.54) is 4.31 Å². The maximum atomic E-state index is 12.9. The Morgan fingerprint density at radius 3 is 2.00 bits per heavy atom. The van der Waals surface area contributed by atoms with E-state index in [2.05, 4.69) is 0 Å². The highest BCUT2D eigenvalue weighted by atomic mass is 32.2. The number of nitrogens with zero attached hydrogens (tertiary/aromatic N) is 4. The topological polar surface area (TPSA) is 99.7 Å². The van der Waals surface area contributed by atoms with Gasteiger partial charge in [-0.3, -0.25) is 9.69 Å². The first kappa shape index (κ1) is 24.3. The summed E-state index contributed by atoms with van der Waals surface area (Å²) in [5.41, 5.74) is 0. The van der Waals surface area contributed by atoms with Crippen molar-refractivity contribution < 1.29 is 27.5 Å². The maximum absolute atomic E-state index is 12.9. The summed E-state index contributed by atoms with van der Waals surface area (Å²) < 4.78 is 37.7. The summed E-state index contributed by atoms with van der Waals surface area (Å²) in [4.78, 5) is 30.0. The highest BCUT2D eigenvalue weighted by Gasteiger charge is 2.31. The lowest BCUT2D eigenvalue weighted by atomic mass is 10.3. The van der Waals surface area contributed by atoms with Gasteiger partial charge in [0.25, 0.3) is 0 Å². The molecule has 2 amide bonds. The quantitative estimate of drug-likeness (QED) is 0.581. The summed E-state index contributed by atoms with van der Waals surface area (Å²) in [6.45, 7) is 8.25. The number of carbonyl (C=O) groups excluding carboxylic acids is 2. The maximum Gasteiger partial charge on any atom is 0.409 e. The minimum Gasteiger partial charge on any atom is -0.494 e. The number of benzene rings is 1. The summed E-state index contributed by atoms with van der Waals surface area (Å²) >= 11 is 0. The van der Waals surface area contributed by atoms with Crippen molar-refractivity contribution in [2.45, 2.75) is 18.7 Å². The van der Waals surface area contributed by atoms with E-state index in [-0.39, 0.29) is 23.4 Å². The van der Waals surface area contributed by atoms with E-state index >= 15 is 0 Å². The Kier molecular flexibility index (Phi) is 8.32.